The van der Waals surface area contributed by atoms with Crippen LogP contribution in [0, 0.1) is 0 Å². The first-order chi connectivity index (χ1) is 7.50. The molecular formula is C7H12N6O3. The number of aromatic nitrogens is 4. The second kappa shape index (κ2) is 5.05. The molecule has 0 aliphatic rings. The zero-order valence-electron chi connectivity index (χ0n) is 8.76. The van der Waals surface area contributed by atoms with Crippen LogP contribution in [0.2, 0.25) is 0 Å². The van der Waals surface area contributed by atoms with E-state index in [4.69, 9.17) is 5.11 Å². The van der Waals surface area contributed by atoms with Crippen molar-refractivity contribution in [2.24, 2.45) is 0 Å². The lowest BCUT2D eigenvalue weighted by molar-refractivity contribution is -0.138. The molecule has 0 aromatic carbocycles. The summed E-state index contributed by atoms with van der Waals surface area (Å²) in [4.78, 5) is 21.8. The van der Waals surface area contributed by atoms with Gasteiger partial charge in [0.15, 0.2) is 5.82 Å². The zero-order chi connectivity index (χ0) is 12.1. The first kappa shape index (κ1) is 11.9. The summed E-state index contributed by atoms with van der Waals surface area (Å²) in [6.07, 6.45) is 0. The number of H-pyrrole nitrogens is 1. The van der Waals surface area contributed by atoms with Crippen LogP contribution in [0.4, 0.5) is 4.79 Å². The Morgan fingerprint density at radius 1 is 1.38 bits per heavy atom. The molecule has 0 fully saturated rings. The summed E-state index contributed by atoms with van der Waals surface area (Å²) in [6.45, 7) is 3.01. The standard InChI is InChI=1S/C7H12N6O3/c1-3(5-10-12-13-11-5)8-7(16)9-4(2)6(14)15/h3-4H,1-2H3,(H,14,15)(H2,8,9,16)(H,10,11,12,13)/t3?,4-/m0/s1. The van der Waals surface area contributed by atoms with E-state index in [1.54, 1.807) is 6.92 Å². The summed E-state index contributed by atoms with van der Waals surface area (Å²) >= 11 is 0. The van der Waals surface area contributed by atoms with Crippen LogP contribution in [-0.4, -0.2) is 43.8 Å². The largest absolute Gasteiger partial charge is 0.480 e. The van der Waals surface area contributed by atoms with Crippen LogP contribution >= 0.6 is 0 Å². The third-order valence-electron chi connectivity index (χ3n) is 1.81. The van der Waals surface area contributed by atoms with Gasteiger partial charge in [-0.15, -0.1) is 10.2 Å². The number of carbonyl (C=O) groups excluding carboxylic acids is 1. The van der Waals surface area contributed by atoms with Gasteiger partial charge in [-0.1, -0.05) is 5.21 Å². The van der Waals surface area contributed by atoms with Gasteiger partial charge in [0.2, 0.25) is 0 Å². The van der Waals surface area contributed by atoms with Gasteiger partial charge >= 0.3 is 12.0 Å². The maximum absolute atomic E-state index is 11.3. The third-order valence-corrected chi connectivity index (χ3v) is 1.81. The van der Waals surface area contributed by atoms with Crippen molar-refractivity contribution >= 4 is 12.0 Å². The molecule has 4 N–H and O–H groups in total. The van der Waals surface area contributed by atoms with Crippen LogP contribution in [-0.2, 0) is 4.79 Å². The smallest absolute Gasteiger partial charge is 0.325 e. The lowest BCUT2D eigenvalue weighted by Gasteiger charge is -2.13. The van der Waals surface area contributed by atoms with Gasteiger partial charge in [0.25, 0.3) is 0 Å². The van der Waals surface area contributed by atoms with Gasteiger partial charge in [-0.2, -0.15) is 5.21 Å². The molecule has 1 unspecified atom stereocenters. The second-order valence-electron chi connectivity index (χ2n) is 3.17. The molecule has 2 amide bonds. The van der Waals surface area contributed by atoms with Crippen molar-refractivity contribution in [1.82, 2.24) is 31.3 Å². The van der Waals surface area contributed by atoms with Gasteiger partial charge in [-0.25, -0.2) is 4.79 Å². The molecule has 9 heteroatoms. The van der Waals surface area contributed by atoms with E-state index in [1.165, 1.54) is 6.92 Å². The Morgan fingerprint density at radius 3 is 2.56 bits per heavy atom. The molecule has 1 aromatic heterocycles. The number of urea groups is 1. The second-order valence-corrected chi connectivity index (χ2v) is 3.17. The highest BCUT2D eigenvalue weighted by molar-refractivity contribution is 5.82. The Balaban J connectivity index is 2.43. The van der Waals surface area contributed by atoms with Gasteiger partial charge in [0, 0.05) is 0 Å². The monoisotopic (exact) mass is 228 g/mol. The van der Waals surface area contributed by atoms with E-state index in [0.717, 1.165) is 0 Å². The van der Waals surface area contributed by atoms with Crippen LogP contribution in [0.25, 0.3) is 0 Å². The van der Waals surface area contributed by atoms with E-state index in [1.807, 2.05) is 0 Å². The summed E-state index contributed by atoms with van der Waals surface area (Å²) < 4.78 is 0. The molecule has 9 nitrogen and oxygen atoms in total. The number of carboxylic acid groups (broad SMARTS) is 1. The van der Waals surface area contributed by atoms with Crippen molar-refractivity contribution in [2.45, 2.75) is 25.9 Å². The molecule has 0 saturated carbocycles. The summed E-state index contributed by atoms with van der Waals surface area (Å²) in [5.41, 5.74) is 0. The first-order valence-electron chi connectivity index (χ1n) is 4.54. The highest BCUT2D eigenvalue weighted by Crippen LogP contribution is 2.02. The summed E-state index contributed by atoms with van der Waals surface area (Å²) in [5, 5.41) is 26.2. The van der Waals surface area contributed by atoms with Crippen molar-refractivity contribution in [1.29, 1.82) is 0 Å². The molecular weight excluding hydrogens is 216 g/mol. The number of carbonyl (C=O) groups is 2. The number of nitrogens with one attached hydrogen (secondary N) is 3. The van der Waals surface area contributed by atoms with Crippen LogP contribution in [0.1, 0.15) is 25.7 Å². The zero-order valence-corrected chi connectivity index (χ0v) is 8.76. The minimum atomic E-state index is -1.11. The Kier molecular flexibility index (Phi) is 3.75. The topological polar surface area (TPSA) is 133 Å². The number of hydrogen-bond donors (Lipinski definition) is 4. The predicted molar refractivity (Wildman–Crippen MR) is 51.4 cm³/mol. The van der Waals surface area contributed by atoms with E-state index in [2.05, 4.69) is 31.3 Å². The van der Waals surface area contributed by atoms with Crippen LogP contribution < -0.4 is 10.6 Å². The summed E-state index contributed by atoms with van der Waals surface area (Å²) in [6, 6.07) is -2.02. The average Bonchev–Trinajstić information content (AvgIpc) is 2.69. The summed E-state index contributed by atoms with van der Waals surface area (Å²) in [7, 11) is 0. The quantitative estimate of drug-likeness (QED) is 0.524. The molecule has 0 bridgehead atoms. The van der Waals surface area contributed by atoms with E-state index in [9.17, 15) is 9.59 Å². The molecule has 2 atom stereocenters. The highest BCUT2D eigenvalue weighted by atomic mass is 16.4. The van der Waals surface area contributed by atoms with Crippen LogP contribution in [0.5, 0.6) is 0 Å². The van der Waals surface area contributed by atoms with E-state index in [-0.39, 0.29) is 0 Å². The molecule has 1 rings (SSSR count). The minimum Gasteiger partial charge on any atom is -0.480 e. The SMILES string of the molecule is CC(NC(=O)N[C@@H](C)C(=O)O)c1nn[nH]n1. The van der Waals surface area contributed by atoms with Crippen molar-refractivity contribution in [2.75, 3.05) is 0 Å². The molecule has 0 spiro atoms. The molecule has 1 heterocycles. The Bertz CT molecular complexity index is 364. The highest BCUT2D eigenvalue weighted by Gasteiger charge is 2.17. The number of amides is 2. The minimum absolute atomic E-state index is 0.318. The van der Waals surface area contributed by atoms with Crippen LogP contribution in [0.15, 0.2) is 0 Å². The average molecular weight is 228 g/mol. The molecule has 0 saturated heterocycles. The van der Waals surface area contributed by atoms with Gasteiger partial charge in [-0.05, 0) is 13.8 Å². The Labute approximate surface area is 90.6 Å². The fourth-order valence-electron chi connectivity index (χ4n) is 0.914. The maximum Gasteiger partial charge on any atom is 0.325 e. The van der Waals surface area contributed by atoms with E-state index in [0.29, 0.717) is 5.82 Å². The van der Waals surface area contributed by atoms with Crippen molar-refractivity contribution < 1.29 is 14.7 Å². The van der Waals surface area contributed by atoms with Crippen molar-refractivity contribution in [3.63, 3.8) is 0 Å². The number of aromatic amines is 1. The number of hydrogen-bond acceptors (Lipinski definition) is 5. The third kappa shape index (κ3) is 3.19. The first-order valence-corrected chi connectivity index (χ1v) is 4.54. The molecule has 1 aromatic rings. The molecule has 88 valence electrons. The lowest BCUT2D eigenvalue weighted by atomic mass is 10.3. The van der Waals surface area contributed by atoms with Crippen molar-refractivity contribution in [3.8, 4) is 0 Å². The summed E-state index contributed by atoms with van der Waals surface area (Å²) in [5.74, 6) is -0.791. The van der Waals surface area contributed by atoms with Gasteiger partial charge in [-0.3, -0.25) is 4.79 Å². The van der Waals surface area contributed by atoms with E-state index >= 15 is 0 Å². The normalized spacial score (nSPS) is 13.9. The number of rotatable bonds is 4. The van der Waals surface area contributed by atoms with Gasteiger partial charge < -0.3 is 15.7 Å². The molecule has 0 radical (unpaired) electrons. The lowest BCUT2D eigenvalue weighted by Crippen LogP contribution is -2.45. The number of carboxylic acids is 1. The number of nitrogens with zero attached hydrogens (tertiary/aromatic N) is 3. The Morgan fingerprint density at radius 2 is 2.06 bits per heavy atom. The van der Waals surface area contributed by atoms with E-state index < -0.39 is 24.1 Å². The Hall–Kier alpha value is -2.19. The molecule has 16 heavy (non-hydrogen) atoms. The van der Waals surface area contributed by atoms with Gasteiger partial charge in [0.1, 0.15) is 6.04 Å². The van der Waals surface area contributed by atoms with Crippen LogP contribution in [0.3, 0.4) is 0 Å². The fraction of sp³-hybridized carbons (Fsp3) is 0.571. The predicted octanol–water partition coefficient (Wildman–Crippen LogP) is -0.967. The molecule has 0 aliphatic carbocycles. The fourth-order valence-corrected chi connectivity index (χ4v) is 0.914. The maximum atomic E-state index is 11.3. The number of tetrazole rings is 1. The molecule has 0 aliphatic heterocycles. The number of aliphatic carboxylic acids is 1. The van der Waals surface area contributed by atoms with Crippen molar-refractivity contribution in [3.05, 3.63) is 5.82 Å². The van der Waals surface area contributed by atoms with Gasteiger partial charge in [0.05, 0.1) is 6.04 Å².